The van der Waals surface area contributed by atoms with Gasteiger partial charge in [0, 0.05) is 54.1 Å². The van der Waals surface area contributed by atoms with Gasteiger partial charge in [-0.05, 0) is 18.2 Å². The van der Waals surface area contributed by atoms with E-state index in [0.717, 1.165) is 37.7 Å². The number of aliphatic hydroxyl groups is 1. The minimum absolute atomic E-state index is 0.0623. The highest BCUT2D eigenvalue weighted by molar-refractivity contribution is 7.99. The molecule has 1 atom stereocenters. The van der Waals surface area contributed by atoms with Gasteiger partial charge in [0.15, 0.2) is 0 Å². The van der Waals surface area contributed by atoms with Gasteiger partial charge in [0.1, 0.15) is 5.84 Å². The summed E-state index contributed by atoms with van der Waals surface area (Å²) in [6, 6.07) is 17.1. The molecule has 29 heavy (non-hydrogen) atoms. The first kappa shape index (κ1) is 20.4. The molecular formula is C22H28N4O2S. The Morgan fingerprint density at radius 1 is 1.07 bits per heavy atom. The molecule has 7 heteroatoms. The van der Waals surface area contributed by atoms with Crippen molar-refractivity contribution in [3.8, 4) is 0 Å². The lowest BCUT2D eigenvalue weighted by Gasteiger charge is -2.42. The van der Waals surface area contributed by atoms with Crippen molar-refractivity contribution in [1.29, 1.82) is 0 Å². The molecule has 0 spiro atoms. The Morgan fingerprint density at radius 3 is 2.69 bits per heavy atom. The topological polar surface area (TPSA) is 74.3 Å². The third-order valence-corrected chi connectivity index (χ3v) is 6.52. The molecule has 2 heterocycles. The average molecular weight is 413 g/mol. The zero-order valence-corrected chi connectivity index (χ0v) is 17.4. The van der Waals surface area contributed by atoms with Crippen LogP contribution in [0.15, 0.2) is 63.3 Å². The van der Waals surface area contributed by atoms with Gasteiger partial charge in [0.25, 0.3) is 0 Å². The van der Waals surface area contributed by atoms with Gasteiger partial charge in [-0.15, -0.1) is 0 Å². The monoisotopic (exact) mass is 412 g/mol. The van der Waals surface area contributed by atoms with Gasteiger partial charge >= 0.3 is 0 Å². The number of benzene rings is 2. The number of aliphatic hydroxyl groups excluding tert-OH is 1. The first-order valence-corrected chi connectivity index (χ1v) is 10.9. The van der Waals surface area contributed by atoms with Crippen LogP contribution in [0.5, 0.6) is 0 Å². The summed E-state index contributed by atoms with van der Waals surface area (Å²) in [4.78, 5) is 12.3. The highest BCUT2D eigenvalue weighted by Gasteiger charge is 2.30. The van der Waals surface area contributed by atoms with Gasteiger partial charge in [-0.3, -0.25) is 4.90 Å². The van der Waals surface area contributed by atoms with E-state index < -0.39 is 0 Å². The molecule has 3 N–H and O–H groups in total. The summed E-state index contributed by atoms with van der Waals surface area (Å²) in [7, 11) is 0. The summed E-state index contributed by atoms with van der Waals surface area (Å²) in [5.41, 5.74) is 8.33. The predicted molar refractivity (Wildman–Crippen MR) is 117 cm³/mol. The summed E-state index contributed by atoms with van der Waals surface area (Å²) in [5, 5.41) is 8.87. The fraction of sp³-hybridized carbons (Fsp3) is 0.409. The van der Waals surface area contributed by atoms with E-state index in [0.29, 0.717) is 19.8 Å². The molecule has 4 rings (SSSR count). The fourth-order valence-corrected chi connectivity index (χ4v) is 4.88. The Bertz CT molecular complexity index is 860. The molecule has 0 bridgehead atoms. The number of piperazine rings is 1. The van der Waals surface area contributed by atoms with Crippen molar-refractivity contribution in [3.63, 3.8) is 0 Å². The number of hydrogen-bond donors (Lipinski definition) is 2. The molecule has 2 aliphatic rings. The van der Waals surface area contributed by atoms with Crippen molar-refractivity contribution in [2.24, 2.45) is 10.7 Å². The van der Waals surface area contributed by atoms with E-state index >= 15 is 0 Å². The molecule has 1 saturated heterocycles. The SMILES string of the molecule is NC[C@H]1CN(C2=Nc3ccccc3Sc3ccccc32)CCN1CCOCCO. The van der Waals surface area contributed by atoms with E-state index in [-0.39, 0.29) is 12.6 Å². The van der Waals surface area contributed by atoms with Crippen LogP contribution in [0.1, 0.15) is 5.56 Å². The maximum absolute atomic E-state index is 8.87. The van der Waals surface area contributed by atoms with Crippen molar-refractivity contribution in [1.82, 2.24) is 9.80 Å². The van der Waals surface area contributed by atoms with E-state index in [4.69, 9.17) is 20.6 Å². The van der Waals surface area contributed by atoms with Gasteiger partial charge in [-0.1, -0.05) is 42.1 Å². The standard InChI is InChI=1S/C22H28N4O2S/c23-15-17-16-26(10-9-25(17)11-13-28-14-12-27)22-18-5-1-3-7-20(18)29-21-8-4-2-6-19(21)24-22/h1-8,17,27H,9-16,23H2/t17-/m0/s1. The van der Waals surface area contributed by atoms with Crippen LogP contribution in [0, 0.1) is 0 Å². The quantitative estimate of drug-likeness (QED) is 0.709. The van der Waals surface area contributed by atoms with E-state index in [2.05, 4.69) is 52.3 Å². The van der Waals surface area contributed by atoms with Gasteiger partial charge in [0.05, 0.1) is 25.5 Å². The van der Waals surface area contributed by atoms with E-state index in [1.165, 1.54) is 15.4 Å². The number of amidine groups is 1. The van der Waals surface area contributed by atoms with Crippen LogP contribution >= 0.6 is 11.8 Å². The van der Waals surface area contributed by atoms with E-state index in [1.807, 2.05) is 6.07 Å². The lowest BCUT2D eigenvalue weighted by Crippen LogP contribution is -2.58. The molecule has 0 radical (unpaired) electrons. The highest BCUT2D eigenvalue weighted by atomic mass is 32.2. The maximum Gasteiger partial charge on any atom is 0.137 e. The third kappa shape index (κ3) is 4.65. The normalized spacial score (nSPS) is 19.3. The van der Waals surface area contributed by atoms with Crippen LogP contribution in [-0.2, 0) is 4.74 Å². The first-order valence-electron chi connectivity index (χ1n) is 10.1. The highest BCUT2D eigenvalue weighted by Crippen LogP contribution is 2.40. The number of fused-ring (bicyclic) bond motifs is 2. The molecule has 2 aromatic rings. The van der Waals surface area contributed by atoms with Crippen LogP contribution in [-0.4, -0.2) is 79.3 Å². The zero-order valence-electron chi connectivity index (χ0n) is 16.5. The third-order valence-electron chi connectivity index (χ3n) is 5.37. The summed E-state index contributed by atoms with van der Waals surface area (Å²) >= 11 is 1.78. The smallest absolute Gasteiger partial charge is 0.137 e. The number of nitrogens with zero attached hydrogens (tertiary/aromatic N) is 3. The van der Waals surface area contributed by atoms with Crippen LogP contribution in [0.3, 0.4) is 0 Å². The largest absolute Gasteiger partial charge is 0.394 e. The number of nitrogens with two attached hydrogens (primary N) is 1. The molecule has 2 aromatic carbocycles. The summed E-state index contributed by atoms with van der Waals surface area (Å²) in [5.74, 6) is 1.03. The predicted octanol–water partition coefficient (Wildman–Crippen LogP) is 2.18. The number of ether oxygens (including phenoxy) is 1. The number of hydrogen-bond acceptors (Lipinski definition) is 7. The second-order valence-corrected chi connectivity index (χ2v) is 8.29. The molecule has 2 aliphatic heterocycles. The summed E-state index contributed by atoms with van der Waals surface area (Å²) in [6.07, 6.45) is 0. The van der Waals surface area contributed by atoms with Crippen LogP contribution < -0.4 is 5.73 Å². The van der Waals surface area contributed by atoms with Crippen molar-refractivity contribution >= 4 is 23.3 Å². The van der Waals surface area contributed by atoms with Crippen molar-refractivity contribution < 1.29 is 9.84 Å². The fourth-order valence-electron chi connectivity index (χ4n) is 3.86. The number of rotatable bonds is 6. The molecule has 1 fully saturated rings. The van der Waals surface area contributed by atoms with Crippen LogP contribution in [0.4, 0.5) is 5.69 Å². The van der Waals surface area contributed by atoms with E-state index in [1.54, 1.807) is 11.8 Å². The minimum Gasteiger partial charge on any atom is -0.394 e. The molecule has 0 saturated carbocycles. The summed E-state index contributed by atoms with van der Waals surface area (Å²) < 4.78 is 5.45. The van der Waals surface area contributed by atoms with Crippen molar-refractivity contribution in [3.05, 3.63) is 54.1 Å². The lowest BCUT2D eigenvalue weighted by molar-refractivity contribution is 0.0467. The Kier molecular flexibility index (Phi) is 6.84. The number of para-hydroxylation sites is 1. The Hall–Kier alpha value is -1.90. The number of aliphatic imine (C=N–C) groups is 1. The van der Waals surface area contributed by atoms with Crippen LogP contribution in [0.2, 0.25) is 0 Å². The molecule has 6 nitrogen and oxygen atoms in total. The van der Waals surface area contributed by atoms with Gasteiger partial charge in [-0.25, -0.2) is 4.99 Å². The lowest BCUT2D eigenvalue weighted by atomic mass is 10.1. The summed E-state index contributed by atoms with van der Waals surface area (Å²) in [6.45, 7) is 5.15. The Labute approximate surface area is 176 Å². The second kappa shape index (κ2) is 9.73. The molecule has 0 amide bonds. The van der Waals surface area contributed by atoms with Gasteiger partial charge in [0.2, 0.25) is 0 Å². The molecular weight excluding hydrogens is 384 g/mol. The second-order valence-electron chi connectivity index (χ2n) is 7.21. The van der Waals surface area contributed by atoms with Gasteiger partial charge in [-0.2, -0.15) is 0 Å². The first-order chi connectivity index (χ1) is 14.3. The zero-order chi connectivity index (χ0) is 20.1. The molecule has 0 unspecified atom stereocenters. The van der Waals surface area contributed by atoms with Gasteiger partial charge < -0.3 is 20.5 Å². The molecule has 154 valence electrons. The average Bonchev–Trinajstić information content (AvgIpc) is 2.93. The molecule has 0 aliphatic carbocycles. The van der Waals surface area contributed by atoms with Crippen molar-refractivity contribution in [2.45, 2.75) is 15.8 Å². The Morgan fingerprint density at radius 2 is 1.86 bits per heavy atom. The maximum atomic E-state index is 8.87. The van der Waals surface area contributed by atoms with Crippen molar-refractivity contribution in [2.75, 3.05) is 52.5 Å². The minimum atomic E-state index is 0.0623. The van der Waals surface area contributed by atoms with Crippen LogP contribution in [0.25, 0.3) is 0 Å². The Balaban J connectivity index is 1.56. The van der Waals surface area contributed by atoms with E-state index in [9.17, 15) is 0 Å². The molecule has 0 aromatic heterocycles.